The Bertz CT molecular complexity index is 908. The molecule has 4 fully saturated rings. The highest BCUT2D eigenvalue weighted by Gasteiger charge is 2.61. The number of hydrogen-bond acceptors (Lipinski definition) is 6. The SMILES string of the molecule is CCC(C)[C@H](N)C(=O)C[C@@H](CCSC)C(=O)O[C@@H]1CC[C@@]2(C)[C@@H](CC[C@@H]3[C@@H]2CC[C@]2(C)[C@@H](C(C)=O)CC[C@@H]32)C1. The summed E-state index contributed by atoms with van der Waals surface area (Å²) in [4.78, 5) is 38.7. The minimum atomic E-state index is -0.506. The van der Waals surface area contributed by atoms with Gasteiger partial charge in [-0.05, 0) is 124 Å². The normalized spacial score (nSPS) is 40.0. The lowest BCUT2D eigenvalue weighted by molar-refractivity contribution is -0.167. The molecule has 0 saturated heterocycles. The van der Waals surface area contributed by atoms with Gasteiger partial charge in [-0.25, -0.2) is 0 Å². The largest absolute Gasteiger partial charge is 0.462 e. The molecule has 0 aromatic heterocycles. The van der Waals surface area contributed by atoms with Crippen molar-refractivity contribution < 1.29 is 19.1 Å². The summed E-state index contributed by atoms with van der Waals surface area (Å²) >= 11 is 1.70. The molecule has 0 bridgehead atoms. The standard InChI is InChI=1S/C33H55NO4S/c1-7-20(2)30(34)29(36)18-22(14-17-39-6)31(37)38-24-12-15-32(4)23(19-24)8-9-25-27-11-10-26(21(3)35)33(27,5)16-13-28(25)32/h20,22-28,30H,7-19,34H2,1-6H3/t20?,22-,23+,24-,25+,26-,27+,28+,30+,32+,33-/m1/s1. The molecular formula is C33H55NO4S. The number of carbonyl (C=O) groups is 3. The maximum absolute atomic E-state index is 13.4. The summed E-state index contributed by atoms with van der Waals surface area (Å²) in [7, 11) is 0. The lowest BCUT2D eigenvalue weighted by Crippen LogP contribution is -2.54. The highest BCUT2D eigenvalue weighted by Crippen LogP contribution is 2.67. The molecule has 4 aliphatic rings. The molecule has 4 saturated carbocycles. The van der Waals surface area contributed by atoms with Crippen LogP contribution in [0.2, 0.25) is 0 Å². The summed E-state index contributed by atoms with van der Waals surface area (Å²) in [6.07, 6.45) is 13.9. The minimum Gasteiger partial charge on any atom is -0.462 e. The van der Waals surface area contributed by atoms with Gasteiger partial charge in [-0.15, -0.1) is 0 Å². The Hall–Kier alpha value is -0.880. The predicted molar refractivity (Wildman–Crippen MR) is 159 cm³/mol. The fraction of sp³-hybridized carbons (Fsp3) is 0.909. The van der Waals surface area contributed by atoms with Gasteiger partial charge < -0.3 is 10.5 Å². The van der Waals surface area contributed by atoms with Crippen LogP contribution in [-0.2, 0) is 19.1 Å². The van der Waals surface area contributed by atoms with E-state index in [-0.39, 0.29) is 41.5 Å². The second-order valence-corrected chi connectivity index (χ2v) is 15.3. The zero-order chi connectivity index (χ0) is 28.5. The summed E-state index contributed by atoms with van der Waals surface area (Å²) in [6, 6.07) is -0.506. The van der Waals surface area contributed by atoms with Gasteiger partial charge >= 0.3 is 5.97 Å². The number of thioether (sulfide) groups is 1. The van der Waals surface area contributed by atoms with E-state index >= 15 is 0 Å². The Morgan fingerprint density at radius 1 is 1.00 bits per heavy atom. The fourth-order valence-corrected chi connectivity index (χ4v) is 10.3. The van der Waals surface area contributed by atoms with Crippen LogP contribution in [0.1, 0.15) is 112 Å². The van der Waals surface area contributed by atoms with Gasteiger partial charge in [0.2, 0.25) is 0 Å². The van der Waals surface area contributed by atoms with Gasteiger partial charge in [0.25, 0.3) is 0 Å². The first-order valence-electron chi connectivity index (χ1n) is 15.9. The molecule has 4 rings (SSSR count). The van der Waals surface area contributed by atoms with Gasteiger partial charge in [0, 0.05) is 12.3 Å². The second-order valence-electron chi connectivity index (χ2n) is 14.3. The number of fused-ring (bicyclic) bond motifs is 5. The monoisotopic (exact) mass is 561 g/mol. The van der Waals surface area contributed by atoms with Crippen molar-refractivity contribution in [2.45, 2.75) is 124 Å². The van der Waals surface area contributed by atoms with E-state index in [2.05, 4.69) is 13.8 Å². The Morgan fingerprint density at radius 3 is 2.36 bits per heavy atom. The van der Waals surface area contributed by atoms with E-state index in [0.29, 0.717) is 29.5 Å². The van der Waals surface area contributed by atoms with Gasteiger partial charge in [-0.3, -0.25) is 14.4 Å². The van der Waals surface area contributed by atoms with Crippen molar-refractivity contribution in [3.8, 4) is 0 Å². The molecule has 4 aliphatic carbocycles. The van der Waals surface area contributed by atoms with E-state index in [1.54, 1.807) is 11.8 Å². The molecule has 1 unspecified atom stereocenters. The fourth-order valence-electron chi connectivity index (χ4n) is 9.77. The average molecular weight is 562 g/mol. The van der Waals surface area contributed by atoms with Crippen molar-refractivity contribution in [2.24, 2.45) is 58.0 Å². The highest BCUT2D eigenvalue weighted by atomic mass is 32.2. The van der Waals surface area contributed by atoms with Crippen LogP contribution in [0.15, 0.2) is 0 Å². The maximum Gasteiger partial charge on any atom is 0.309 e. The molecule has 0 amide bonds. The van der Waals surface area contributed by atoms with Crippen molar-refractivity contribution in [3.63, 3.8) is 0 Å². The number of ketones is 2. The van der Waals surface area contributed by atoms with Crippen molar-refractivity contribution >= 4 is 29.3 Å². The molecule has 222 valence electrons. The molecule has 0 aliphatic heterocycles. The Labute approximate surface area is 241 Å². The molecule has 0 radical (unpaired) electrons. The summed E-state index contributed by atoms with van der Waals surface area (Å²) in [6.45, 7) is 10.8. The van der Waals surface area contributed by atoms with Crippen LogP contribution in [0.3, 0.4) is 0 Å². The molecular weight excluding hydrogens is 506 g/mol. The van der Waals surface area contributed by atoms with Crippen molar-refractivity contribution in [3.05, 3.63) is 0 Å². The molecule has 0 spiro atoms. The number of ether oxygens (including phenoxy) is 1. The van der Waals surface area contributed by atoms with Crippen LogP contribution in [0, 0.1) is 52.3 Å². The quantitative estimate of drug-likeness (QED) is 0.278. The molecule has 0 heterocycles. The van der Waals surface area contributed by atoms with Gasteiger partial charge in [0.05, 0.1) is 12.0 Å². The number of hydrogen-bond donors (Lipinski definition) is 1. The first-order valence-corrected chi connectivity index (χ1v) is 17.3. The van der Waals surface area contributed by atoms with Crippen LogP contribution in [0.25, 0.3) is 0 Å². The number of carbonyl (C=O) groups excluding carboxylic acids is 3. The predicted octanol–water partition coefficient (Wildman–Crippen LogP) is 6.85. The molecule has 0 aromatic rings. The minimum absolute atomic E-state index is 0.00910. The maximum atomic E-state index is 13.4. The van der Waals surface area contributed by atoms with E-state index in [4.69, 9.17) is 10.5 Å². The molecule has 11 atom stereocenters. The van der Waals surface area contributed by atoms with Crippen molar-refractivity contribution in [1.29, 1.82) is 0 Å². The summed E-state index contributed by atoms with van der Waals surface area (Å²) in [5, 5.41) is 0. The molecule has 0 aromatic carbocycles. The van der Waals surface area contributed by atoms with Crippen LogP contribution >= 0.6 is 11.8 Å². The smallest absolute Gasteiger partial charge is 0.309 e. The van der Waals surface area contributed by atoms with Crippen molar-refractivity contribution in [1.82, 2.24) is 0 Å². The van der Waals surface area contributed by atoms with Crippen LogP contribution < -0.4 is 5.73 Å². The Morgan fingerprint density at radius 2 is 1.69 bits per heavy atom. The van der Waals surface area contributed by atoms with Gasteiger partial charge in [-0.1, -0.05) is 34.1 Å². The molecule has 6 heteroatoms. The zero-order valence-electron chi connectivity index (χ0n) is 25.5. The van der Waals surface area contributed by atoms with Gasteiger partial charge in [0.15, 0.2) is 5.78 Å². The van der Waals surface area contributed by atoms with E-state index < -0.39 is 12.0 Å². The summed E-state index contributed by atoms with van der Waals surface area (Å²) in [5.41, 5.74) is 6.72. The third-order valence-corrected chi connectivity index (χ3v) is 13.1. The zero-order valence-corrected chi connectivity index (χ0v) is 26.3. The first-order chi connectivity index (χ1) is 18.5. The van der Waals surface area contributed by atoms with E-state index in [1.165, 1.54) is 32.1 Å². The molecule has 5 nitrogen and oxygen atoms in total. The van der Waals surface area contributed by atoms with E-state index in [9.17, 15) is 14.4 Å². The van der Waals surface area contributed by atoms with Crippen LogP contribution in [0.5, 0.6) is 0 Å². The topological polar surface area (TPSA) is 86.5 Å². The summed E-state index contributed by atoms with van der Waals surface area (Å²) in [5.74, 6) is 3.78. The lowest BCUT2D eigenvalue weighted by atomic mass is 9.44. The third-order valence-electron chi connectivity index (χ3n) is 12.5. The number of esters is 1. The van der Waals surface area contributed by atoms with Gasteiger partial charge in [-0.2, -0.15) is 11.8 Å². The van der Waals surface area contributed by atoms with Gasteiger partial charge in [0.1, 0.15) is 11.9 Å². The van der Waals surface area contributed by atoms with E-state index in [1.807, 2.05) is 27.0 Å². The van der Waals surface area contributed by atoms with Crippen molar-refractivity contribution in [2.75, 3.05) is 12.0 Å². The molecule has 39 heavy (non-hydrogen) atoms. The number of Topliss-reactive ketones (excluding diaryl/α,β-unsaturated/α-hetero) is 2. The average Bonchev–Trinajstić information content (AvgIpc) is 3.27. The van der Waals surface area contributed by atoms with E-state index in [0.717, 1.165) is 49.7 Å². The first kappa shape index (κ1) is 31.1. The highest BCUT2D eigenvalue weighted by molar-refractivity contribution is 7.98. The lowest BCUT2D eigenvalue weighted by Gasteiger charge is -2.61. The Balaban J connectivity index is 1.38. The number of nitrogens with two attached hydrogens (primary N) is 1. The Kier molecular flexibility index (Phi) is 10.00. The summed E-state index contributed by atoms with van der Waals surface area (Å²) < 4.78 is 6.20. The molecule has 2 N–H and O–H groups in total. The van der Waals surface area contributed by atoms with Crippen LogP contribution in [0.4, 0.5) is 0 Å². The van der Waals surface area contributed by atoms with Crippen LogP contribution in [-0.4, -0.2) is 41.7 Å². The second kappa shape index (κ2) is 12.5. The third kappa shape index (κ3) is 6.03. The number of rotatable bonds is 11.